The summed E-state index contributed by atoms with van der Waals surface area (Å²) in [5, 5.41) is 0.143. The minimum Gasteiger partial charge on any atom is -0.323 e. The molecule has 6 heteroatoms. The molecule has 0 spiro atoms. The fourth-order valence-electron chi connectivity index (χ4n) is 1.75. The molecule has 1 aromatic rings. The predicted octanol–water partition coefficient (Wildman–Crippen LogP) is 2.58. The Labute approximate surface area is 89.3 Å². The molecule has 1 aromatic heterocycles. The number of hydrogen-bond donors (Lipinski definition) is 1. The first-order chi connectivity index (χ1) is 6.96. The summed E-state index contributed by atoms with van der Waals surface area (Å²) in [6.07, 6.45) is -2.58. The fourth-order valence-corrected chi connectivity index (χ4v) is 2.93. The van der Waals surface area contributed by atoms with E-state index in [2.05, 4.69) is 4.98 Å². The van der Waals surface area contributed by atoms with Crippen LogP contribution in [0.2, 0.25) is 0 Å². The molecule has 1 unspecified atom stereocenters. The molecule has 1 atom stereocenters. The summed E-state index contributed by atoms with van der Waals surface area (Å²) in [6, 6.07) is -0.117. The highest BCUT2D eigenvalue weighted by molar-refractivity contribution is 7.11. The molecule has 0 amide bonds. The van der Waals surface area contributed by atoms with Crippen molar-refractivity contribution in [1.29, 1.82) is 0 Å². The van der Waals surface area contributed by atoms with Crippen LogP contribution in [0.4, 0.5) is 13.2 Å². The SMILES string of the molecule is NC1CCCc2nc(CC(F)(F)F)sc21. The van der Waals surface area contributed by atoms with Crippen LogP contribution in [-0.4, -0.2) is 11.2 Å². The Bertz CT molecular complexity index is 359. The van der Waals surface area contributed by atoms with E-state index in [0.717, 1.165) is 41.2 Å². The molecule has 2 nitrogen and oxygen atoms in total. The lowest BCUT2D eigenvalue weighted by atomic mass is 9.99. The van der Waals surface area contributed by atoms with Crippen molar-refractivity contribution in [3.05, 3.63) is 15.6 Å². The van der Waals surface area contributed by atoms with E-state index >= 15 is 0 Å². The Hall–Kier alpha value is -0.620. The number of hydrogen-bond acceptors (Lipinski definition) is 3. The van der Waals surface area contributed by atoms with Gasteiger partial charge in [-0.1, -0.05) is 0 Å². The molecular weight excluding hydrogens is 225 g/mol. The van der Waals surface area contributed by atoms with Crippen molar-refractivity contribution in [3.63, 3.8) is 0 Å². The Morgan fingerprint density at radius 1 is 1.47 bits per heavy atom. The smallest absolute Gasteiger partial charge is 0.323 e. The second-order valence-electron chi connectivity index (χ2n) is 3.71. The van der Waals surface area contributed by atoms with E-state index in [1.54, 1.807) is 0 Å². The van der Waals surface area contributed by atoms with Crippen molar-refractivity contribution in [2.24, 2.45) is 5.73 Å². The first kappa shape index (κ1) is 10.9. The lowest BCUT2D eigenvalue weighted by Crippen LogP contribution is -2.15. The number of aryl methyl sites for hydroxylation is 1. The second kappa shape index (κ2) is 3.75. The number of fused-ring (bicyclic) bond motifs is 1. The molecule has 0 saturated carbocycles. The highest BCUT2D eigenvalue weighted by Crippen LogP contribution is 2.34. The van der Waals surface area contributed by atoms with Gasteiger partial charge in [0.05, 0.1) is 12.1 Å². The van der Waals surface area contributed by atoms with Crippen molar-refractivity contribution in [1.82, 2.24) is 4.98 Å². The van der Waals surface area contributed by atoms with Crippen LogP contribution in [-0.2, 0) is 12.8 Å². The molecule has 0 aliphatic heterocycles. The first-order valence-electron chi connectivity index (χ1n) is 4.76. The Morgan fingerprint density at radius 3 is 2.80 bits per heavy atom. The number of aromatic nitrogens is 1. The molecule has 2 rings (SSSR count). The second-order valence-corrected chi connectivity index (χ2v) is 4.82. The van der Waals surface area contributed by atoms with Crippen molar-refractivity contribution in [2.45, 2.75) is 37.9 Å². The molecule has 0 saturated heterocycles. The zero-order valence-corrected chi connectivity index (χ0v) is 8.79. The zero-order valence-electron chi connectivity index (χ0n) is 7.97. The van der Waals surface area contributed by atoms with Gasteiger partial charge in [-0.15, -0.1) is 11.3 Å². The molecule has 15 heavy (non-hydrogen) atoms. The van der Waals surface area contributed by atoms with Gasteiger partial charge in [0.1, 0.15) is 5.01 Å². The zero-order chi connectivity index (χ0) is 11.1. The molecule has 0 fully saturated rings. The van der Waals surface area contributed by atoms with Crippen LogP contribution in [0.15, 0.2) is 0 Å². The number of nitrogens with two attached hydrogens (primary N) is 1. The quantitative estimate of drug-likeness (QED) is 0.814. The third kappa shape index (κ3) is 2.49. The van der Waals surface area contributed by atoms with Crippen LogP contribution in [0.5, 0.6) is 0 Å². The maximum absolute atomic E-state index is 12.1. The predicted molar refractivity (Wildman–Crippen MR) is 51.7 cm³/mol. The Kier molecular flexibility index (Phi) is 2.72. The van der Waals surface area contributed by atoms with E-state index in [4.69, 9.17) is 5.73 Å². The maximum Gasteiger partial charge on any atom is 0.395 e. The van der Waals surface area contributed by atoms with E-state index in [9.17, 15) is 13.2 Å². The lowest BCUT2D eigenvalue weighted by molar-refractivity contribution is -0.127. The maximum atomic E-state index is 12.1. The van der Waals surface area contributed by atoms with Crippen LogP contribution >= 0.6 is 11.3 Å². The molecule has 1 aliphatic carbocycles. The van der Waals surface area contributed by atoms with E-state index in [-0.39, 0.29) is 11.0 Å². The lowest BCUT2D eigenvalue weighted by Gasteiger charge is -2.15. The number of thiazole rings is 1. The van der Waals surface area contributed by atoms with Crippen LogP contribution in [0.1, 0.15) is 34.5 Å². The summed E-state index contributed by atoms with van der Waals surface area (Å²) in [4.78, 5) is 4.85. The van der Waals surface area contributed by atoms with Gasteiger partial charge in [0.2, 0.25) is 0 Å². The van der Waals surface area contributed by atoms with Crippen molar-refractivity contribution < 1.29 is 13.2 Å². The summed E-state index contributed by atoms with van der Waals surface area (Å²) in [5.41, 5.74) is 6.59. The molecular formula is C9H11F3N2S. The standard InChI is InChI=1S/C9H11F3N2S/c10-9(11,12)4-7-14-6-3-1-2-5(13)8(6)15-7/h5H,1-4,13H2. The summed E-state index contributed by atoms with van der Waals surface area (Å²) < 4.78 is 36.4. The Morgan fingerprint density at radius 2 is 2.20 bits per heavy atom. The van der Waals surface area contributed by atoms with Gasteiger partial charge in [-0.25, -0.2) is 4.98 Å². The van der Waals surface area contributed by atoms with Crippen LogP contribution in [0, 0.1) is 0 Å². The van der Waals surface area contributed by atoms with Gasteiger partial charge in [0.15, 0.2) is 0 Å². The normalized spacial score (nSPS) is 21.5. The molecule has 0 aromatic carbocycles. The van der Waals surface area contributed by atoms with Gasteiger partial charge in [0, 0.05) is 10.9 Å². The highest BCUT2D eigenvalue weighted by Gasteiger charge is 2.31. The summed E-state index contributed by atoms with van der Waals surface area (Å²) in [5.74, 6) is 0. The largest absolute Gasteiger partial charge is 0.395 e. The van der Waals surface area contributed by atoms with Crippen LogP contribution < -0.4 is 5.73 Å². The van der Waals surface area contributed by atoms with Gasteiger partial charge < -0.3 is 5.73 Å². The minimum absolute atomic E-state index is 0.117. The highest BCUT2D eigenvalue weighted by atomic mass is 32.1. The van der Waals surface area contributed by atoms with Gasteiger partial charge >= 0.3 is 6.18 Å². The average Bonchev–Trinajstić information content (AvgIpc) is 2.45. The van der Waals surface area contributed by atoms with Gasteiger partial charge in [-0.2, -0.15) is 13.2 Å². The summed E-state index contributed by atoms with van der Waals surface area (Å²) >= 11 is 1.11. The average molecular weight is 236 g/mol. The van der Waals surface area contributed by atoms with E-state index in [1.165, 1.54) is 0 Å². The third-order valence-corrected chi connectivity index (χ3v) is 3.62. The Balaban J connectivity index is 2.22. The minimum atomic E-state index is -4.18. The number of alkyl halides is 3. The molecule has 0 bridgehead atoms. The molecule has 1 heterocycles. The van der Waals surface area contributed by atoms with Crippen molar-refractivity contribution in [2.75, 3.05) is 0 Å². The molecule has 2 N–H and O–H groups in total. The third-order valence-electron chi connectivity index (χ3n) is 2.39. The van der Waals surface area contributed by atoms with Crippen LogP contribution in [0.25, 0.3) is 0 Å². The monoisotopic (exact) mass is 236 g/mol. The molecule has 84 valence electrons. The number of rotatable bonds is 1. The molecule has 0 radical (unpaired) electrons. The summed E-state index contributed by atoms with van der Waals surface area (Å²) in [7, 11) is 0. The summed E-state index contributed by atoms with van der Waals surface area (Å²) in [6.45, 7) is 0. The van der Waals surface area contributed by atoms with E-state index in [0.29, 0.717) is 0 Å². The van der Waals surface area contributed by atoms with Gasteiger partial charge in [-0.05, 0) is 19.3 Å². The number of nitrogens with zero attached hydrogens (tertiary/aromatic N) is 1. The van der Waals surface area contributed by atoms with Gasteiger partial charge in [-0.3, -0.25) is 0 Å². The number of halogens is 3. The van der Waals surface area contributed by atoms with Crippen LogP contribution in [0.3, 0.4) is 0 Å². The van der Waals surface area contributed by atoms with Crippen molar-refractivity contribution in [3.8, 4) is 0 Å². The van der Waals surface area contributed by atoms with E-state index < -0.39 is 12.6 Å². The first-order valence-corrected chi connectivity index (χ1v) is 5.58. The fraction of sp³-hybridized carbons (Fsp3) is 0.667. The van der Waals surface area contributed by atoms with E-state index in [1.807, 2.05) is 0 Å². The molecule has 1 aliphatic rings. The van der Waals surface area contributed by atoms with Gasteiger partial charge in [0.25, 0.3) is 0 Å². The van der Waals surface area contributed by atoms with Crippen molar-refractivity contribution >= 4 is 11.3 Å². The topological polar surface area (TPSA) is 38.9 Å².